The topological polar surface area (TPSA) is 114 Å². The van der Waals surface area contributed by atoms with Crippen molar-refractivity contribution in [1.82, 2.24) is 15.5 Å². The van der Waals surface area contributed by atoms with Gasteiger partial charge in [0.1, 0.15) is 12.2 Å². The van der Waals surface area contributed by atoms with Gasteiger partial charge in [0.05, 0.1) is 6.42 Å². The number of esters is 1. The van der Waals surface area contributed by atoms with E-state index in [9.17, 15) is 19.2 Å². The molecule has 4 rings (SSSR count). The summed E-state index contributed by atoms with van der Waals surface area (Å²) >= 11 is 0. The number of carbonyl (C=O) groups is 4. The summed E-state index contributed by atoms with van der Waals surface area (Å²) in [7, 11) is 0. The molecule has 0 aromatic heterocycles. The van der Waals surface area contributed by atoms with Crippen molar-refractivity contribution in [1.29, 1.82) is 0 Å². The van der Waals surface area contributed by atoms with Crippen molar-refractivity contribution in [3.05, 3.63) is 35.9 Å². The molecule has 0 heterocycles. The van der Waals surface area contributed by atoms with E-state index < -0.39 is 5.60 Å². The number of benzene rings is 1. The molecule has 4 atom stereocenters. The molecule has 3 aliphatic rings. The van der Waals surface area contributed by atoms with Crippen molar-refractivity contribution < 1.29 is 28.7 Å². The van der Waals surface area contributed by atoms with Crippen LogP contribution in [-0.4, -0.2) is 59.6 Å². The van der Waals surface area contributed by atoms with Gasteiger partial charge in [0.15, 0.2) is 0 Å². The number of hydrogen-bond acceptors (Lipinski definition) is 6. The maximum atomic E-state index is 13.8. The molecule has 3 aliphatic carbocycles. The Morgan fingerprint density at radius 2 is 1.39 bits per heavy atom. The lowest BCUT2D eigenvalue weighted by Crippen LogP contribution is -2.49. The molecule has 1 aromatic carbocycles. The summed E-state index contributed by atoms with van der Waals surface area (Å²) in [4.78, 5) is 54.9. The minimum absolute atomic E-state index is 0.0111. The maximum absolute atomic E-state index is 13.8. The van der Waals surface area contributed by atoms with E-state index in [2.05, 4.69) is 17.6 Å². The molecular weight excluding hydrogens is 618 g/mol. The highest BCUT2D eigenvalue weighted by molar-refractivity contribution is 5.79. The average molecular weight is 682 g/mol. The first-order valence-electron chi connectivity index (χ1n) is 19.2. The number of ether oxygens (including phenoxy) is 2. The van der Waals surface area contributed by atoms with E-state index >= 15 is 0 Å². The summed E-state index contributed by atoms with van der Waals surface area (Å²) in [5, 5.41) is 6.66. The van der Waals surface area contributed by atoms with E-state index in [1.54, 1.807) is 0 Å². The Morgan fingerprint density at radius 3 is 2.00 bits per heavy atom. The molecule has 3 amide bonds. The number of rotatable bonds is 14. The first-order valence-corrected chi connectivity index (χ1v) is 19.2. The minimum atomic E-state index is -0.575. The Labute approximate surface area is 295 Å². The molecule has 3 fully saturated rings. The molecular formula is C40H63N3O6. The predicted octanol–water partition coefficient (Wildman–Crippen LogP) is 7.85. The second kappa shape index (κ2) is 18.8. The Hall–Kier alpha value is -3.10. The van der Waals surface area contributed by atoms with Gasteiger partial charge in [-0.3, -0.25) is 14.4 Å². The van der Waals surface area contributed by atoms with E-state index in [1.165, 1.54) is 0 Å². The van der Waals surface area contributed by atoms with Gasteiger partial charge < -0.3 is 25.0 Å². The van der Waals surface area contributed by atoms with Gasteiger partial charge >= 0.3 is 12.1 Å². The zero-order valence-electron chi connectivity index (χ0n) is 30.7. The smallest absolute Gasteiger partial charge is 0.410 e. The lowest BCUT2D eigenvalue weighted by molar-refractivity contribution is -0.147. The highest BCUT2D eigenvalue weighted by Gasteiger charge is 2.39. The number of carbonyl (C=O) groups excluding carboxylic acids is 4. The van der Waals surface area contributed by atoms with Crippen LogP contribution in [0.2, 0.25) is 0 Å². The largest absolute Gasteiger partial charge is 0.461 e. The second-order valence-electron chi connectivity index (χ2n) is 16.1. The number of nitrogens with one attached hydrogen (secondary N) is 2. The summed E-state index contributed by atoms with van der Waals surface area (Å²) in [6.45, 7) is 9.12. The summed E-state index contributed by atoms with van der Waals surface area (Å²) in [5.74, 6) is -0.0263. The molecule has 9 heteroatoms. The fraction of sp³-hybridized carbons (Fsp3) is 0.750. The first kappa shape index (κ1) is 38.7. The third-order valence-electron chi connectivity index (χ3n) is 10.8. The van der Waals surface area contributed by atoms with Crippen molar-refractivity contribution in [2.75, 3.05) is 13.1 Å². The van der Waals surface area contributed by atoms with Crippen LogP contribution in [0.5, 0.6) is 0 Å². The molecule has 9 nitrogen and oxygen atoms in total. The average Bonchev–Trinajstić information content (AvgIpc) is 3.05. The third kappa shape index (κ3) is 12.9. The molecule has 1 aromatic rings. The van der Waals surface area contributed by atoms with Crippen LogP contribution in [-0.2, 0) is 30.5 Å². The van der Waals surface area contributed by atoms with Gasteiger partial charge in [0.25, 0.3) is 0 Å². The van der Waals surface area contributed by atoms with E-state index in [-0.39, 0.29) is 59.8 Å². The van der Waals surface area contributed by atoms with Gasteiger partial charge in [-0.25, -0.2) is 4.79 Å². The molecule has 274 valence electrons. The van der Waals surface area contributed by atoms with E-state index in [0.29, 0.717) is 32.4 Å². The SMILES string of the molecule is CCCN(CC1(CC(=O)NC2CCCCC2CC(=O)NC2CCCCC2CC(=O)OCc2ccccc2)CCCCC1)C(=O)OC(C)(C)C. The molecule has 2 N–H and O–H groups in total. The molecule has 49 heavy (non-hydrogen) atoms. The maximum Gasteiger partial charge on any atom is 0.410 e. The zero-order chi connectivity index (χ0) is 35.3. The number of amides is 3. The minimum Gasteiger partial charge on any atom is -0.461 e. The Bertz CT molecular complexity index is 1210. The summed E-state index contributed by atoms with van der Waals surface area (Å²) in [6, 6.07) is 9.61. The molecule has 4 unspecified atom stereocenters. The quantitative estimate of drug-likeness (QED) is 0.193. The molecule has 0 bridgehead atoms. The summed E-state index contributed by atoms with van der Waals surface area (Å²) in [5.41, 5.74) is 0.120. The highest BCUT2D eigenvalue weighted by atomic mass is 16.6. The Kier molecular flexibility index (Phi) is 14.8. The zero-order valence-corrected chi connectivity index (χ0v) is 30.7. The van der Waals surface area contributed by atoms with Crippen LogP contribution < -0.4 is 10.6 Å². The number of nitrogens with zero attached hydrogens (tertiary/aromatic N) is 1. The molecule has 3 saturated carbocycles. The summed E-state index contributed by atoms with van der Waals surface area (Å²) < 4.78 is 11.3. The highest BCUT2D eigenvalue weighted by Crippen LogP contribution is 2.41. The van der Waals surface area contributed by atoms with Crippen LogP contribution in [0.25, 0.3) is 0 Å². The Balaban J connectivity index is 1.31. The van der Waals surface area contributed by atoms with Gasteiger partial charge in [-0.15, -0.1) is 0 Å². The van der Waals surface area contributed by atoms with E-state index in [4.69, 9.17) is 9.47 Å². The van der Waals surface area contributed by atoms with Crippen LogP contribution in [0.15, 0.2) is 30.3 Å². The van der Waals surface area contributed by atoms with Crippen molar-refractivity contribution in [3.63, 3.8) is 0 Å². The molecule has 0 radical (unpaired) electrons. The third-order valence-corrected chi connectivity index (χ3v) is 10.8. The van der Waals surface area contributed by atoms with Crippen molar-refractivity contribution in [3.8, 4) is 0 Å². The lowest BCUT2D eigenvalue weighted by Gasteiger charge is -2.41. The van der Waals surface area contributed by atoms with Crippen LogP contribution in [0.3, 0.4) is 0 Å². The van der Waals surface area contributed by atoms with Gasteiger partial charge in [-0.2, -0.15) is 0 Å². The fourth-order valence-corrected chi connectivity index (χ4v) is 8.33. The van der Waals surface area contributed by atoms with Gasteiger partial charge in [-0.05, 0) is 88.5 Å². The number of hydrogen-bond donors (Lipinski definition) is 2. The van der Waals surface area contributed by atoms with Gasteiger partial charge in [0.2, 0.25) is 11.8 Å². The molecule has 0 spiro atoms. The second-order valence-corrected chi connectivity index (χ2v) is 16.1. The van der Waals surface area contributed by atoms with Crippen LogP contribution in [0, 0.1) is 17.3 Å². The van der Waals surface area contributed by atoms with E-state index in [1.807, 2.05) is 56.0 Å². The van der Waals surface area contributed by atoms with Crippen LogP contribution in [0.4, 0.5) is 4.79 Å². The molecule has 0 aliphatic heterocycles. The van der Waals surface area contributed by atoms with Crippen molar-refractivity contribution in [2.24, 2.45) is 17.3 Å². The van der Waals surface area contributed by atoms with Crippen LogP contribution in [0.1, 0.15) is 142 Å². The summed E-state index contributed by atoms with van der Waals surface area (Å²) in [6.07, 6.45) is 14.4. The predicted molar refractivity (Wildman–Crippen MR) is 191 cm³/mol. The molecule has 0 saturated heterocycles. The lowest BCUT2D eigenvalue weighted by atomic mass is 9.71. The Morgan fingerprint density at radius 1 is 0.796 bits per heavy atom. The van der Waals surface area contributed by atoms with Crippen LogP contribution >= 0.6 is 0 Å². The standard InChI is InChI=1S/C40H63N3O6/c1-5-24-43(38(47)49-39(2,3)4)29-40(22-14-7-15-23-40)27-36(45)42-33-20-12-10-18-31(33)25-35(44)41-34-21-13-11-19-32(34)26-37(46)48-28-30-16-8-6-9-17-30/h6,8-9,16-17,31-34H,5,7,10-15,18-29H2,1-4H3,(H,41,44)(H,42,45). The van der Waals surface area contributed by atoms with Crippen molar-refractivity contribution in [2.45, 2.75) is 161 Å². The fourth-order valence-electron chi connectivity index (χ4n) is 8.33. The van der Waals surface area contributed by atoms with Gasteiger partial charge in [-0.1, -0.05) is 82.2 Å². The first-order chi connectivity index (χ1) is 23.4. The normalized spacial score (nSPS) is 23.9. The monoisotopic (exact) mass is 681 g/mol. The van der Waals surface area contributed by atoms with Crippen molar-refractivity contribution >= 4 is 23.9 Å². The van der Waals surface area contributed by atoms with E-state index in [0.717, 1.165) is 95.5 Å². The van der Waals surface area contributed by atoms with Gasteiger partial charge in [0, 0.05) is 38.0 Å².